The summed E-state index contributed by atoms with van der Waals surface area (Å²) < 4.78 is 14.1. The Labute approximate surface area is 201 Å². The Kier molecular flexibility index (Phi) is 6.68. The maximum absolute atomic E-state index is 13.5. The lowest BCUT2D eigenvalue weighted by Crippen LogP contribution is -2.42. The van der Waals surface area contributed by atoms with Crippen LogP contribution in [0.15, 0.2) is 54.6 Å². The summed E-state index contributed by atoms with van der Waals surface area (Å²) in [5, 5.41) is 4.85. The molecule has 178 valence electrons. The van der Waals surface area contributed by atoms with E-state index in [0.717, 1.165) is 66.8 Å². The standard InChI is InChI=1S/C28H33N3O3/c1-20-9-6-14-23(17-20)34-28-25(26(29-30(28)2)21-10-4-3-5-11-21)19-31(18-24-15-8-16-33-24)27(32)22-12-7-13-22/h3-6,9-11,14,17,22,24H,7-8,12-13,15-16,18-19H2,1-2H3/t24-/m1/s1. The molecule has 2 aromatic carbocycles. The number of nitrogens with zero attached hydrogens (tertiary/aromatic N) is 3. The van der Waals surface area contributed by atoms with Crippen LogP contribution >= 0.6 is 0 Å². The number of carbonyl (C=O) groups is 1. The first kappa shape index (κ1) is 22.7. The Morgan fingerprint density at radius 1 is 1.12 bits per heavy atom. The van der Waals surface area contributed by atoms with Gasteiger partial charge in [0.25, 0.3) is 0 Å². The van der Waals surface area contributed by atoms with Crippen molar-refractivity contribution in [2.45, 2.75) is 51.7 Å². The fourth-order valence-corrected chi connectivity index (χ4v) is 4.81. The van der Waals surface area contributed by atoms with Gasteiger partial charge in [-0.05, 0) is 50.3 Å². The number of aryl methyl sites for hydroxylation is 2. The van der Waals surface area contributed by atoms with Gasteiger partial charge in [0.1, 0.15) is 11.4 Å². The van der Waals surface area contributed by atoms with E-state index in [1.807, 2.05) is 61.3 Å². The lowest BCUT2D eigenvalue weighted by atomic mass is 9.84. The summed E-state index contributed by atoms with van der Waals surface area (Å²) in [5.74, 6) is 1.79. The van der Waals surface area contributed by atoms with E-state index in [1.165, 1.54) is 0 Å². The van der Waals surface area contributed by atoms with E-state index in [-0.39, 0.29) is 17.9 Å². The highest BCUT2D eigenvalue weighted by Crippen LogP contribution is 2.36. The molecule has 1 saturated carbocycles. The highest BCUT2D eigenvalue weighted by atomic mass is 16.5. The van der Waals surface area contributed by atoms with Crippen LogP contribution in [0.25, 0.3) is 11.3 Å². The molecule has 5 rings (SSSR count). The topological polar surface area (TPSA) is 56.6 Å². The first-order valence-electron chi connectivity index (χ1n) is 12.3. The van der Waals surface area contributed by atoms with Crippen LogP contribution in [0, 0.1) is 12.8 Å². The number of hydrogen-bond donors (Lipinski definition) is 0. The summed E-state index contributed by atoms with van der Waals surface area (Å²) in [6, 6.07) is 18.1. The predicted octanol–water partition coefficient (Wildman–Crippen LogP) is 5.50. The molecular weight excluding hydrogens is 426 g/mol. The predicted molar refractivity (Wildman–Crippen MR) is 132 cm³/mol. The zero-order valence-electron chi connectivity index (χ0n) is 20.1. The molecule has 1 amide bonds. The van der Waals surface area contributed by atoms with Gasteiger partial charge < -0.3 is 14.4 Å². The van der Waals surface area contributed by atoms with Crippen LogP contribution in [-0.4, -0.2) is 39.8 Å². The zero-order chi connectivity index (χ0) is 23.5. The Hall–Kier alpha value is -3.12. The van der Waals surface area contributed by atoms with Gasteiger partial charge in [0.05, 0.1) is 18.2 Å². The molecule has 0 spiro atoms. The smallest absolute Gasteiger partial charge is 0.226 e. The van der Waals surface area contributed by atoms with Crippen molar-refractivity contribution >= 4 is 5.91 Å². The van der Waals surface area contributed by atoms with Crippen LogP contribution in [0.4, 0.5) is 0 Å². The minimum absolute atomic E-state index is 0.0991. The van der Waals surface area contributed by atoms with Crippen molar-refractivity contribution in [3.63, 3.8) is 0 Å². The SMILES string of the molecule is Cc1cccc(Oc2c(CN(C[C@H]3CCCO3)C(=O)C3CCC3)c(-c3ccccc3)nn2C)c1. The number of amides is 1. The molecule has 1 saturated heterocycles. The van der Waals surface area contributed by atoms with Crippen molar-refractivity contribution in [3.05, 3.63) is 65.7 Å². The summed E-state index contributed by atoms with van der Waals surface area (Å²) in [4.78, 5) is 15.5. The van der Waals surface area contributed by atoms with Crippen molar-refractivity contribution in [1.29, 1.82) is 0 Å². The van der Waals surface area contributed by atoms with E-state index < -0.39 is 0 Å². The second-order valence-electron chi connectivity index (χ2n) is 9.52. The van der Waals surface area contributed by atoms with E-state index in [1.54, 1.807) is 4.68 Å². The molecule has 0 bridgehead atoms. The van der Waals surface area contributed by atoms with Gasteiger partial charge in [-0.15, -0.1) is 0 Å². The molecule has 6 heteroatoms. The summed E-state index contributed by atoms with van der Waals surface area (Å²) in [6.45, 7) is 3.89. The van der Waals surface area contributed by atoms with E-state index in [0.29, 0.717) is 19.0 Å². The molecule has 1 atom stereocenters. The van der Waals surface area contributed by atoms with Crippen LogP contribution < -0.4 is 4.74 Å². The second kappa shape index (κ2) is 10.0. The summed E-state index contributed by atoms with van der Waals surface area (Å²) in [5.41, 5.74) is 3.93. The molecule has 1 aliphatic heterocycles. The minimum Gasteiger partial charge on any atom is -0.439 e. The number of ether oxygens (including phenoxy) is 2. The molecule has 2 aliphatic rings. The number of rotatable bonds is 8. The third-order valence-corrected chi connectivity index (χ3v) is 6.90. The Balaban J connectivity index is 1.52. The fraction of sp³-hybridized carbons (Fsp3) is 0.429. The van der Waals surface area contributed by atoms with Gasteiger partial charge in [-0.1, -0.05) is 48.9 Å². The average molecular weight is 460 g/mol. The molecule has 6 nitrogen and oxygen atoms in total. The number of carbonyl (C=O) groups excluding carboxylic acids is 1. The molecule has 0 N–H and O–H groups in total. The van der Waals surface area contributed by atoms with E-state index in [9.17, 15) is 4.79 Å². The largest absolute Gasteiger partial charge is 0.439 e. The Morgan fingerprint density at radius 3 is 2.62 bits per heavy atom. The normalized spacial score (nSPS) is 18.0. The average Bonchev–Trinajstić information content (AvgIpc) is 3.41. The first-order valence-corrected chi connectivity index (χ1v) is 12.3. The second-order valence-corrected chi connectivity index (χ2v) is 9.52. The zero-order valence-corrected chi connectivity index (χ0v) is 20.1. The summed E-state index contributed by atoms with van der Waals surface area (Å²) in [7, 11) is 1.90. The molecule has 2 heterocycles. The highest BCUT2D eigenvalue weighted by molar-refractivity contribution is 5.80. The molecule has 3 aromatic rings. The number of aromatic nitrogens is 2. The first-order chi connectivity index (χ1) is 16.6. The summed E-state index contributed by atoms with van der Waals surface area (Å²) >= 11 is 0. The van der Waals surface area contributed by atoms with Gasteiger partial charge in [-0.3, -0.25) is 4.79 Å². The van der Waals surface area contributed by atoms with Crippen LogP contribution in [0.1, 0.15) is 43.2 Å². The lowest BCUT2D eigenvalue weighted by Gasteiger charge is -2.33. The molecular formula is C28H33N3O3. The monoisotopic (exact) mass is 459 g/mol. The maximum Gasteiger partial charge on any atom is 0.226 e. The van der Waals surface area contributed by atoms with Crippen LogP contribution in [-0.2, 0) is 23.1 Å². The third-order valence-electron chi connectivity index (χ3n) is 6.90. The molecule has 0 radical (unpaired) electrons. The van der Waals surface area contributed by atoms with Crippen LogP contribution in [0.2, 0.25) is 0 Å². The molecule has 2 fully saturated rings. The van der Waals surface area contributed by atoms with Crippen molar-refractivity contribution in [3.8, 4) is 22.9 Å². The van der Waals surface area contributed by atoms with Gasteiger partial charge >= 0.3 is 0 Å². The van der Waals surface area contributed by atoms with Gasteiger partial charge in [0.2, 0.25) is 11.8 Å². The fourth-order valence-electron chi connectivity index (χ4n) is 4.81. The van der Waals surface area contributed by atoms with Crippen LogP contribution in [0.5, 0.6) is 11.6 Å². The minimum atomic E-state index is 0.0991. The molecule has 34 heavy (non-hydrogen) atoms. The number of benzene rings is 2. The van der Waals surface area contributed by atoms with Crippen molar-refractivity contribution < 1.29 is 14.3 Å². The summed E-state index contributed by atoms with van der Waals surface area (Å²) in [6.07, 6.45) is 5.24. The van der Waals surface area contributed by atoms with Crippen molar-refractivity contribution in [2.75, 3.05) is 13.2 Å². The van der Waals surface area contributed by atoms with E-state index in [4.69, 9.17) is 14.6 Å². The van der Waals surface area contributed by atoms with Crippen molar-refractivity contribution in [2.24, 2.45) is 13.0 Å². The van der Waals surface area contributed by atoms with E-state index >= 15 is 0 Å². The van der Waals surface area contributed by atoms with Gasteiger partial charge in [0.15, 0.2) is 0 Å². The molecule has 1 aromatic heterocycles. The Bertz CT molecular complexity index is 1130. The highest BCUT2D eigenvalue weighted by Gasteiger charge is 2.33. The maximum atomic E-state index is 13.5. The lowest BCUT2D eigenvalue weighted by molar-refractivity contribution is -0.140. The van der Waals surface area contributed by atoms with Crippen molar-refractivity contribution in [1.82, 2.24) is 14.7 Å². The third kappa shape index (κ3) is 4.87. The van der Waals surface area contributed by atoms with Crippen LogP contribution in [0.3, 0.4) is 0 Å². The quantitative estimate of drug-likeness (QED) is 0.447. The number of hydrogen-bond acceptors (Lipinski definition) is 4. The van der Waals surface area contributed by atoms with Gasteiger partial charge in [-0.2, -0.15) is 5.10 Å². The molecule has 1 aliphatic carbocycles. The van der Waals surface area contributed by atoms with E-state index in [2.05, 4.69) is 12.1 Å². The van der Waals surface area contributed by atoms with Gasteiger partial charge in [0, 0.05) is 31.7 Å². The molecule has 0 unspecified atom stereocenters. The van der Waals surface area contributed by atoms with Gasteiger partial charge in [-0.25, -0.2) is 4.68 Å². The Morgan fingerprint density at radius 2 is 1.94 bits per heavy atom.